The van der Waals surface area contributed by atoms with Gasteiger partial charge in [-0.3, -0.25) is 10.8 Å². The summed E-state index contributed by atoms with van der Waals surface area (Å²) in [6.07, 6.45) is 2.90. The molecule has 0 unspecified atom stereocenters. The van der Waals surface area contributed by atoms with Gasteiger partial charge in [0, 0.05) is 32.2 Å². The van der Waals surface area contributed by atoms with E-state index >= 15 is 0 Å². The minimum absolute atomic E-state index is 0. The van der Waals surface area contributed by atoms with Gasteiger partial charge in [-0.25, -0.2) is 0 Å². The number of nitrogens with one attached hydrogen (secondary N) is 2. The standard InChI is InChI=1S/C19H24N4O2.Pt/c20-18(21)14-4-8-16(9-5-14)24-12-2-1-3-13-25-17-10-6-15(7-11-17)19(22)23;/h4-11H,1-3,12-13H2,(H3,20,21)(H3,22,23);. The van der Waals surface area contributed by atoms with Gasteiger partial charge in [-0.15, -0.1) is 0 Å². The Balaban J connectivity index is 0.00000338. The number of hydrogen-bond donors (Lipinski definition) is 4. The number of hydrogen-bond acceptors (Lipinski definition) is 4. The van der Waals surface area contributed by atoms with Crippen LogP contribution >= 0.6 is 0 Å². The third kappa shape index (κ3) is 7.28. The summed E-state index contributed by atoms with van der Waals surface area (Å²) in [5.74, 6) is 1.68. The molecule has 0 aliphatic carbocycles. The molecule has 0 aliphatic heterocycles. The molecule has 26 heavy (non-hydrogen) atoms. The van der Waals surface area contributed by atoms with Gasteiger partial charge in [0.25, 0.3) is 0 Å². The Morgan fingerprint density at radius 1 is 0.654 bits per heavy atom. The fourth-order valence-corrected chi connectivity index (χ4v) is 2.22. The maximum absolute atomic E-state index is 7.34. The Morgan fingerprint density at radius 2 is 1.00 bits per heavy atom. The summed E-state index contributed by atoms with van der Waals surface area (Å²) in [5.41, 5.74) is 12.2. The minimum Gasteiger partial charge on any atom is -0.494 e. The van der Waals surface area contributed by atoms with Crippen LogP contribution < -0.4 is 20.9 Å². The third-order valence-electron chi connectivity index (χ3n) is 3.66. The molecule has 6 nitrogen and oxygen atoms in total. The van der Waals surface area contributed by atoms with Gasteiger partial charge in [0.2, 0.25) is 0 Å². The Labute approximate surface area is 168 Å². The molecule has 0 fully saturated rings. The smallest absolute Gasteiger partial charge is 0.122 e. The van der Waals surface area contributed by atoms with E-state index in [0.717, 1.165) is 30.8 Å². The molecule has 7 heteroatoms. The van der Waals surface area contributed by atoms with Gasteiger partial charge in [0.1, 0.15) is 23.2 Å². The van der Waals surface area contributed by atoms with E-state index in [4.69, 9.17) is 31.8 Å². The van der Waals surface area contributed by atoms with Crippen LogP contribution in [0.3, 0.4) is 0 Å². The van der Waals surface area contributed by atoms with Crippen LogP contribution in [0.1, 0.15) is 30.4 Å². The average molecular weight is 536 g/mol. The number of nitrogens with two attached hydrogens (primary N) is 2. The minimum atomic E-state index is 0. The van der Waals surface area contributed by atoms with Crippen LogP contribution in [0.15, 0.2) is 48.5 Å². The van der Waals surface area contributed by atoms with Crippen LogP contribution in [0.4, 0.5) is 0 Å². The summed E-state index contributed by atoms with van der Waals surface area (Å²) in [6.45, 7) is 1.29. The number of benzene rings is 2. The van der Waals surface area contributed by atoms with Gasteiger partial charge in [0.05, 0.1) is 13.2 Å². The van der Waals surface area contributed by atoms with Crippen molar-refractivity contribution in [2.75, 3.05) is 13.2 Å². The largest absolute Gasteiger partial charge is 0.494 e. The Bertz CT molecular complexity index is 641. The molecule has 0 aromatic heterocycles. The van der Waals surface area contributed by atoms with Gasteiger partial charge >= 0.3 is 0 Å². The molecule has 0 bridgehead atoms. The van der Waals surface area contributed by atoms with Crippen LogP contribution in [0.5, 0.6) is 11.5 Å². The Hall–Kier alpha value is -2.33. The number of unbranched alkanes of at least 4 members (excludes halogenated alkanes) is 2. The summed E-state index contributed by atoms with van der Waals surface area (Å²) in [7, 11) is 0. The zero-order valence-corrected chi connectivity index (χ0v) is 16.7. The van der Waals surface area contributed by atoms with Crippen LogP contribution in [-0.2, 0) is 21.1 Å². The molecule has 0 spiro atoms. The second kappa shape index (κ2) is 11.3. The number of nitrogen functional groups attached to an aromatic ring is 2. The molecule has 0 saturated heterocycles. The van der Waals surface area contributed by atoms with E-state index in [2.05, 4.69) is 0 Å². The number of ether oxygens (including phenoxy) is 2. The summed E-state index contributed by atoms with van der Waals surface area (Å²) in [4.78, 5) is 0. The second-order valence-electron chi connectivity index (χ2n) is 5.63. The van der Waals surface area contributed by atoms with Crippen molar-refractivity contribution in [1.29, 1.82) is 10.8 Å². The van der Waals surface area contributed by atoms with Gasteiger partial charge < -0.3 is 20.9 Å². The molecule has 6 N–H and O–H groups in total. The summed E-state index contributed by atoms with van der Waals surface area (Å²) in [5, 5.41) is 14.7. The summed E-state index contributed by atoms with van der Waals surface area (Å²) >= 11 is 0. The van der Waals surface area contributed by atoms with Crippen molar-refractivity contribution in [1.82, 2.24) is 0 Å². The van der Waals surface area contributed by atoms with E-state index in [0.29, 0.717) is 24.3 Å². The van der Waals surface area contributed by atoms with Crippen LogP contribution in [-0.4, -0.2) is 24.9 Å². The molecule has 2 aromatic carbocycles. The molecule has 0 aliphatic rings. The van der Waals surface area contributed by atoms with E-state index < -0.39 is 0 Å². The van der Waals surface area contributed by atoms with Crippen molar-refractivity contribution in [2.24, 2.45) is 11.5 Å². The van der Waals surface area contributed by atoms with E-state index in [9.17, 15) is 0 Å². The number of rotatable bonds is 10. The van der Waals surface area contributed by atoms with Crippen molar-refractivity contribution < 1.29 is 30.5 Å². The molecular weight excluding hydrogens is 511 g/mol. The first kappa shape index (κ1) is 21.7. The monoisotopic (exact) mass is 535 g/mol. The first-order valence-corrected chi connectivity index (χ1v) is 8.21. The van der Waals surface area contributed by atoms with Crippen molar-refractivity contribution in [3.8, 4) is 11.5 Å². The molecule has 0 radical (unpaired) electrons. The molecule has 0 heterocycles. The molecule has 2 aromatic rings. The van der Waals surface area contributed by atoms with E-state index in [1.165, 1.54) is 0 Å². The van der Waals surface area contributed by atoms with Crippen molar-refractivity contribution >= 4 is 11.7 Å². The van der Waals surface area contributed by atoms with Gasteiger partial charge in [0.15, 0.2) is 0 Å². The summed E-state index contributed by atoms with van der Waals surface area (Å²) in [6, 6.07) is 14.4. The van der Waals surface area contributed by atoms with Crippen molar-refractivity contribution in [3.63, 3.8) is 0 Å². The maximum Gasteiger partial charge on any atom is 0.122 e. The van der Waals surface area contributed by atoms with Gasteiger partial charge in [-0.2, -0.15) is 0 Å². The van der Waals surface area contributed by atoms with Crippen molar-refractivity contribution in [3.05, 3.63) is 59.7 Å². The topological polar surface area (TPSA) is 118 Å². The maximum atomic E-state index is 7.34. The van der Waals surface area contributed by atoms with E-state index in [1.54, 1.807) is 24.3 Å². The molecule has 2 rings (SSSR count). The van der Waals surface area contributed by atoms with Gasteiger partial charge in [-0.05, 0) is 67.8 Å². The average Bonchev–Trinajstić information content (AvgIpc) is 2.61. The fraction of sp³-hybridized carbons (Fsp3) is 0.263. The van der Waals surface area contributed by atoms with Crippen LogP contribution in [0, 0.1) is 10.8 Å². The molecule has 142 valence electrons. The molecule has 0 saturated carbocycles. The third-order valence-corrected chi connectivity index (χ3v) is 3.66. The van der Waals surface area contributed by atoms with E-state index in [-0.39, 0.29) is 32.7 Å². The quantitative estimate of drug-likeness (QED) is 0.213. The van der Waals surface area contributed by atoms with Gasteiger partial charge in [-0.1, -0.05) is 0 Å². The predicted molar refractivity (Wildman–Crippen MR) is 99.8 cm³/mol. The zero-order chi connectivity index (χ0) is 18.1. The zero-order valence-electron chi connectivity index (χ0n) is 14.4. The first-order valence-electron chi connectivity index (χ1n) is 8.21. The first-order chi connectivity index (χ1) is 12.1. The Morgan fingerprint density at radius 3 is 1.31 bits per heavy atom. The molecular formula is C19H24N4O2Pt. The molecule has 0 amide bonds. The van der Waals surface area contributed by atoms with Crippen LogP contribution in [0.2, 0.25) is 0 Å². The predicted octanol–water partition coefficient (Wildman–Crippen LogP) is 2.88. The summed E-state index contributed by atoms with van der Waals surface area (Å²) < 4.78 is 11.3. The fourth-order valence-electron chi connectivity index (χ4n) is 2.22. The van der Waals surface area contributed by atoms with E-state index in [1.807, 2.05) is 24.3 Å². The SMILES string of the molecule is N=C(N)c1ccc(OCCCCCOc2ccc(C(=N)N)cc2)cc1.[Pt]. The second-order valence-corrected chi connectivity index (χ2v) is 5.63. The Kier molecular flexibility index (Phi) is 9.45. The number of amidine groups is 2. The van der Waals surface area contributed by atoms with Crippen molar-refractivity contribution in [2.45, 2.75) is 19.3 Å². The molecule has 0 atom stereocenters. The van der Waals surface area contributed by atoms with Crippen LogP contribution in [0.25, 0.3) is 0 Å². The normalized spacial score (nSPS) is 9.85.